The van der Waals surface area contributed by atoms with Crippen molar-refractivity contribution in [1.29, 1.82) is 0 Å². The van der Waals surface area contributed by atoms with Gasteiger partial charge >= 0.3 is 24.1 Å². The Labute approximate surface area is 212 Å². The van der Waals surface area contributed by atoms with Crippen LogP contribution in [-0.4, -0.2) is 59.5 Å². The summed E-state index contributed by atoms with van der Waals surface area (Å²) in [6.45, 7) is 9.92. The number of rotatable bonds is 3. The van der Waals surface area contributed by atoms with E-state index in [4.69, 9.17) is 15.2 Å². The van der Waals surface area contributed by atoms with E-state index in [1.165, 1.54) is 36.6 Å². The number of ether oxygens (including phenoxy) is 4. The summed E-state index contributed by atoms with van der Waals surface area (Å²) in [4.78, 5) is 56.1. The van der Waals surface area contributed by atoms with Crippen LogP contribution in [0.3, 0.4) is 0 Å². The smallest absolute Gasteiger partial charge is 0.425 e. The van der Waals surface area contributed by atoms with E-state index in [-0.39, 0.29) is 23.9 Å². The van der Waals surface area contributed by atoms with Crippen molar-refractivity contribution < 1.29 is 38.1 Å². The lowest BCUT2D eigenvalue weighted by Crippen LogP contribution is -2.44. The van der Waals surface area contributed by atoms with Crippen LogP contribution >= 0.6 is 22.7 Å². The second kappa shape index (κ2) is 13.0. The minimum absolute atomic E-state index is 0. The van der Waals surface area contributed by atoms with Crippen molar-refractivity contribution in [1.82, 2.24) is 9.97 Å². The Morgan fingerprint density at radius 1 is 0.800 bits per heavy atom. The van der Waals surface area contributed by atoms with Gasteiger partial charge in [-0.2, -0.15) is 4.90 Å². The van der Waals surface area contributed by atoms with Crippen molar-refractivity contribution in [3.05, 3.63) is 20.8 Å². The number of amides is 2. The van der Waals surface area contributed by atoms with Crippen LogP contribution in [0, 0.1) is 0 Å². The third-order valence-corrected chi connectivity index (χ3v) is 4.87. The van der Waals surface area contributed by atoms with Gasteiger partial charge in [-0.1, -0.05) is 7.43 Å². The number of hydrogen-bond acceptors (Lipinski definition) is 13. The SMILES string of the molecule is C.COC(=O)c1scnc1N.COC(=O)c1scnc1N(C(=O)OC(C)(C)C)C(=O)OC(C)(C)C. The number of carbonyl (C=O) groups is 4. The lowest BCUT2D eigenvalue weighted by atomic mass is 10.2. The first-order valence-electron chi connectivity index (χ1n) is 9.66. The van der Waals surface area contributed by atoms with Crippen LogP contribution in [-0.2, 0) is 18.9 Å². The van der Waals surface area contributed by atoms with Gasteiger partial charge in [-0.3, -0.25) is 0 Å². The average Bonchev–Trinajstić information content (AvgIpc) is 3.34. The predicted octanol–water partition coefficient (Wildman–Crippen LogP) is 4.75. The fraction of sp³-hybridized carbons (Fsp3) is 0.524. The van der Waals surface area contributed by atoms with Crippen molar-refractivity contribution in [2.24, 2.45) is 0 Å². The Morgan fingerprint density at radius 2 is 1.20 bits per heavy atom. The zero-order valence-electron chi connectivity index (χ0n) is 20.2. The topological polar surface area (TPSA) is 160 Å². The van der Waals surface area contributed by atoms with Crippen molar-refractivity contribution in [3.8, 4) is 0 Å². The molecule has 12 nitrogen and oxygen atoms in total. The third kappa shape index (κ3) is 9.86. The van der Waals surface area contributed by atoms with Gasteiger partial charge in [0.15, 0.2) is 15.6 Å². The van der Waals surface area contributed by atoms with Crippen LogP contribution in [0.5, 0.6) is 0 Å². The molecule has 0 fully saturated rings. The summed E-state index contributed by atoms with van der Waals surface area (Å²) in [6, 6.07) is 0. The van der Waals surface area contributed by atoms with Gasteiger partial charge in [0.25, 0.3) is 0 Å². The monoisotopic (exact) mass is 532 g/mol. The van der Waals surface area contributed by atoms with Gasteiger partial charge in [0.2, 0.25) is 0 Å². The highest BCUT2D eigenvalue weighted by Gasteiger charge is 2.37. The highest BCUT2D eigenvalue weighted by atomic mass is 32.1. The van der Waals surface area contributed by atoms with Crippen LogP contribution in [0.4, 0.5) is 21.2 Å². The molecule has 0 saturated heterocycles. The summed E-state index contributed by atoms with van der Waals surface area (Å²) in [6.07, 6.45) is -1.99. The molecule has 14 heteroatoms. The molecule has 0 aliphatic rings. The summed E-state index contributed by atoms with van der Waals surface area (Å²) in [5.74, 6) is -1.10. The van der Waals surface area contributed by atoms with E-state index in [1.54, 1.807) is 41.5 Å². The Bertz CT molecular complexity index is 993. The molecule has 0 unspecified atom stereocenters. The van der Waals surface area contributed by atoms with Gasteiger partial charge < -0.3 is 24.7 Å². The van der Waals surface area contributed by atoms with Crippen LogP contribution in [0.1, 0.15) is 68.3 Å². The molecule has 2 amide bonds. The molecular formula is C21H32N4O8S2. The summed E-state index contributed by atoms with van der Waals surface area (Å²) in [5, 5.41) is 0. The highest BCUT2D eigenvalue weighted by molar-refractivity contribution is 7.12. The molecule has 0 aromatic carbocycles. The Morgan fingerprint density at radius 3 is 1.57 bits per heavy atom. The lowest BCUT2D eigenvalue weighted by molar-refractivity contribution is 0.0428. The van der Waals surface area contributed by atoms with E-state index in [2.05, 4.69) is 19.4 Å². The van der Waals surface area contributed by atoms with Gasteiger partial charge in [-0.25, -0.2) is 29.1 Å². The fourth-order valence-corrected chi connectivity index (χ4v) is 3.31. The van der Waals surface area contributed by atoms with E-state index >= 15 is 0 Å². The second-order valence-corrected chi connectivity index (χ2v) is 10.1. The number of nitrogens with zero attached hydrogens (tertiary/aromatic N) is 3. The average molecular weight is 533 g/mol. The molecule has 0 aliphatic carbocycles. The number of nitrogens with two attached hydrogens (primary N) is 1. The predicted molar refractivity (Wildman–Crippen MR) is 133 cm³/mol. The normalized spacial score (nSPS) is 10.6. The van der Waals surface area contributed by atoms with E-state index in [1.807, 2.05) is 0 Å². The van der Waals surface area contributed by atoms with Gasteiger partial charge in [0, 0.05) is 0 Å². The number of methoxy groups -OCH3 is 2. The first-order valence-corrected chi connectivity index (χ1v) is 11.4. The number of esters is 2. The summed E-state index contributed by atoms with van der Waals surface area (Å²) < 4.78 is 19.5. The molecule has 0 bridgehead atoms. The summed E-state index contributed by atoms with van der Waals surface area (Å²) >= 11 is 2.11. The van der Waals surface area contributed by atoms with Crippen molar-refractivity contribution in [3.63, 3.8) is 0 Å². The molecule has 0 aliphatic heterocycles. The van der Waals surface area contributed by atoms with Crippen LogP contribution < -0.4 is 10.6 Å². The first kappa shape index (κ1) is 31.7. The minimum atomic E-state index is -0.993. The summed E-state index contributed by atoms with van der Waals surface area (Å²) in [7, 11) is 2.50. The highest BCUT2D eigenvalue weighted by Crippen LogP contribution is 2.27. The van der Waals surface area contributed by atoms with Gasteiger partial charge in [-0.05, 0) is 41.5 Å². The van der Waals surface area contributed by atoms with Crippen molar-refractivity contribution in [2.45, 2.75) is 60.2 Å². The molecule has 2 aromatic rings. The van der Waals surface area contributed by atoms with E-state index in [9.17, 15) is 19.2 Å². The van der Waals surface area contributed by atoms with E-state index in [0.717, 1.165) is 11.3 Å². The maximum absolute atomic E-state index is 12.5. The minimum Gasteiger partial charge on any atom is -0.465 e. The molecule has 0 saturated carbocycles. The number of carbonyl (C=O) groups excluding carboxylic acids is 4. The van der Waals surface area contributed by atoms with Crippen LogP contribution in [0.25, 0.3) is 0 Å². The lowest BCUT2D eigenvalue weighted by Gasteiger charge is -2.27. The molecule has 2 heterocycles. The fourth-order valence-electron chi connectivity index (χ4n) is 1.99. The van der Waals surface area contributed by atoms with Crippen molar-refractivity contribution in [2.75, 3.05) is 24.9 Å². The second-order valence-electron chi connectivity index (χ2n) is 8.35. The molecule has 0 atom stereocenters. The van der Waals surface area contributed by atoms with Gasteiger partial charge in [-0.15, -0.1) is 22.7 Å². The van der Waals surface area contributed by atoms with Gasteiger partial charge in [0.05, 0.1) is 25.2 Å². The Kier molecular flexibility index (Phi) is 11.8. The maximum Gasteiger partial charge on any atom is 0.425 e. The number of hydrogen-bond donors (Lipinski definition) is 1. The molecular weight excluding hydrogens is 500 g/mol. The Balaban J connectivity index is 0.000000878. The molecule has 196 valence electrons. The van der Waals surface area contributed by atoms with Crippen molar-refractivity contribution >= 4 is 58.4 Å². The van der Waals surface area contributed by atoms with E-state index < -0.39 is 35.3 Å². The maximum atomic E-state index is 12.5. The largest absolute Gasteiger partial charge is 0.465 e. The molecule has 2 aromatic heterocycles. The quantitative estimate of drug-likeness (QED) is 0.429. The number of nitrogen functional groups attached to an aromatic ring is 1. The molecule has 35 heavy (non-hydrogen) atoms. The van der Waals surface area contributed by atoms with Crippen LogP contribution in [0.2, 0.25) is 0 Å². The molecule has 0 radical (unpaired) electrons. The standard InChI is InChI=1S/C15H22N2O6S.C5H6N2O2S.CH4/c1-14(2,3)22-12(19)17(13(20)23-15(4,5)6)10-9(11(18)21-7)24-8-16-10;1-9-5(8)3-4(6)7-2-10-3;/h8H,1-7H3;2H,6H2,1H3;1H4. The molecule has 2 rings (SSSR count). The third-order valence-electron chi connectivity index (χ3n) is 3.25. The zero-order valence-corrected chi connectivity index (χ0v) is 21.8. The van der Waals surface area contributed by atoms with E-state index in [0.29, 0.717) is 9.78 Å². The number of aromatic nitrogens is 2. The van der Waals surface area contributed by atoms with Crippen LogP contribution in [0.15, 0.2) is 11.0 Å². The first-order chi connectivity index (χ1) is 15.6. The number of thiazole rings is 2. The molecule has 2 N–H and O–H groups in total. The number of imide groups is 1. The number of anilines is 2. The van der Waals surface area contributed by atoms with Gasteiger partial charge in [0.1, 0.15) is 17.0 Å². The summed E-state index contributed by atoms with van der Waals surface area (Å²) in [5.41, 5.74) is 6.44. The molecule has 0 spiro atoms. The zero-order chi connectivity index (χ0) is 26.3. The Hall–Kier alpha value is -3.26.